The molecule has 19 heavy (non-hydrogen) atoms. The average molecular weight is 258 g/mol. The van der Waals surface area contributed by atoms with Crippen LogP contribution in [0.15, 0.2) is 35.1 Å². The minimum atomic E-state index is -0.152. The predicted octanol–water partition coefficient (Wildman–Crippen LogP) is 1.71. The molecule has 1 unspecified atom stereocenters. The Morgan fingerprint density at radius 3 is 2.63 bits per heavy atom. The van der Waals surface area contributed by atoms with Gasteiger partial charge >= 0.3 is 0 Å². The van der Waals surface area contributed by atoms with Gasteiger partial charge in [-0.3, -0.25) is 4.79 Å². The molecule has 100 valence electrons. The van der Waals surface area contributed by atoms with Gasteiger partial charge in [0.05, 0.1) is 0 Å². The number of nitrogens with zero attached hydrogens (tertiary/aromatic N) is 1. The number of aromatic amines is 1. The van der Waals surface area contributed by atoms with E-state index in [4.69, 9.17) is 5.73 Å². The molecule has 0 aliphatic rings. The summed E-state index contributed by atoms with van der Waals surface area (Å²) in [7, 11) is 0. The monoisotopic (exact) mass is 258 g/mol. The lowest BCUT2D eigenvalue weighted by Gasteiger charge is -2.15. The topological polar surface area (TPSA) is 83.8 Å². The second kappa shape index (κ2) is 5.67. The van der Waals surface area contributed by atoms with Gasteiger partial charge in [-0.25, -0.2) is 4.98 Å². The van der Waals surface area contributed by atoms with E-state index in [1.807, 2.05) is 31.2 Å². The van der Waals surface area contributed by atoms with Crippen LogP contribution in [-0.4, -0.2) is 9.97 Å². The highest BCUT2D eigenvalue weighted by atomic mass is 16.1. The SMILES string of the molecule is Cc1nc(NC(C)c2ccc(CN)cc2)cc(=O)[nH]1. The van der Waals surface area contributed by atoms with Gasteiger partial charge in [0.1, 0.15) is 11.6 Å². The summed E-state index contributed by atoms with van der Waals surface area (Å²) < 4.78 is 0. The number of aryl methyl sites for hydroxylation is 1. The number of anilines is 1. The zero-order valence-corrected chi connectivity index (χ0v) is 11.1. The van der Waals surface area contributed by atoms with Crippen molar-refractivity contribution in [2.24, 2.45) is 5.73 Å². The van der Waals surface area contributed by atoms with Crippen molar-refractivity contribution in [3.63, 3.8) is 0 Å². The van der Waals surface area contributed by atoms with E-state index in [9.17, 15) is 4.79 Å². The third-order valence-corrected chi connectivity index (χ3v) is 2.94. The number of benzene rings is 1. The molecule has 0 bridgehead atoms. The highest BCUT2D eigenvalue weighted by molar-refractivity contribution is 5.37. The normalized spacial score (nSPS) is 12.2. The first-order valence-corrected chi connectivity index (χ1v) is 6.22. The van der Waals surface area contributed by atoms with Crippen LogP contribution in [0, 0.1) is 6.92 Å². The molecule has 0 fully saturated rings. The standard InChI is InChI=1S/C14H18N4O/c1-9(12-5-3-11(8-15)4-6-12)16-13-7-14(19)18-10(2)17-13/h3-7,9H,8,15H2,1-2H3,(H2,16,17,18,19). The van der Waals surface area contributed by atoms with E-state index >= 15 is 0 Å². The lowest BCUT2D eigenvalue weighted by Crippen LogP contribution is -2.14. The Labute approximate surface area is 111 Å². The molecule has 1 aromatic carbocycles. The molecular weight excluding hydrogens is 240 g/mol. The van der Waals surface area contributed by atoms with E-state index < -0.39 is 0 Å². The largest absolute Gasteiger partial charge is 0.363 e. The van der Waals surface area contributed by atoms with E-state index in [2.05, 4.69) is 15.3 Å². The Bertz CT molecular complexity index is 604. The van der Waals surface area contributed by atoms with Crippen LogP contribution in [0.2, 0.25) is 0 Å². The summed E-state index contributed by atoms with van der Waals surface area (Å²) in [6, 6.07) is 9.59. The molecule has 0 aliphatic carbocycles. The fraction of sp³-hybridized carbons (Fsp3) is 0.286. The molecule has 5 nitrogen and oxygen atoms in total. The van der Waals surface area contributed by atoms with Gasteiger partial charge in [0.25, 0.3) is 5.56 Å². The lowest BCUT2D eigenvalue weighted by molar-refractivity contribution is 0.862. The molecule has 4 N–H and O–H groups in total. The average Bonchev–Trinajstić information content (AvgIpc) is 2.37. The number of hydrogen-bond donors (Lipinski definition) is 3. The quantitative estimate of drug-likeness (QED) is 0.779. The number of H-pyrrole nitrogens is 1. The van der Waals surface area contributed by atoms with Gasteiger partial charge in [0.15, 0.2) is 0 Å². The molecule has 1 aromatic heterocycles. The molecule has 0 amide bonds. The molecule has 0 spiro atoms. The van der Waals surface area contributed by atoms with Crippen LogP contribution < -0.4 is 16.6 Å². The van der Waals surface area contributed by atoms with E-state index in [1.165, 1.54) is 6.07 Å². The molecule has 0 aliphatic heterocycles. The highest BCUT2D eigenvalue weighted by Gasteiger charge is 2.06. The zero-order valence-electron chi connectivity index (χ0n) is 11.1. The number of rotatable bonds is 4. The van der Waals surface area contributed by atoms with E-state index in [1.54, 1.807) is 6.92 Å². The van der Waals surface area contributed by atoms with Crippen LogP contribution >= 0.6 is 0 Å². The van der Waals surface area contributed by atoms with Crippen molar-refractivity contribution in [1.29, 1.82) is 0 Å². The minimum absolute atomic E-state index is 0.0699. The molecule has 0 saturated carbocycles. The maximum atomic E-state index is 11.4. The first-order valence-electron chi connectivity index (χ1n) is 6.22. The van der Waals surface area contributed by atoms with Crippen LogP contribution in [0.5, 0.6) is 0 Å². The van der Waals surface area contributed by atoms with E-state index in [0.29, 0.717) is 18.2 Å². The van der Waals surface area contributed by atoms with Crippen molar-refractivity contribution < 1.29 is 0 Å². The maximum Gasteiger partial charge on any atom is 0.252 e. The van der Waals surface area contributed by atoms with E-state index in [-0.39, 0.29) is 11.6 Å². The minimum Gasteiger partial charge on any atom is -0.363 e. The maximum absolute atomic E-state index is 11.4. The van der Waals surface area contributed by atoms with Gasteiger partial charge in [0, 0.05) is 18.7 Å². The van der Waals surface area contributed by atoms with Crippen molar-refractivity contribution in [3.05, 3.63) is 57.6 Å². The molecule has 0 radical (unpaired) electrons. The molecule has 2 rings (SSSR count). The van der Waals surface area contributed by atoms with Crippen molar-refractivity contribution in [1.82, 2.24) is 9.97 Å². The van der Waals surface area contributed by atoms with Crippen LogP contribution in [-0.2, 0) is 6.54 Å². The molecule has 5 heteroatoms. The lowest BCUT2D eigenvalue weighted by atomic mass is 10.1. The number of aromatic nitrogens is 2. The number of nitrogens with one attached hydrogen (secondary N) is 2. The van der Waals surface area contributed by atoms with Crippen molar-refractivity contribution in [2.75, 3.05) is 5.32 Å². The first-order chi connectivity index (χ1) is 9.08. The first kappa shape index (κ1) is 13.3. The summed E-state index contributed by atoms with van der Waals surface area (Å²) in [5.41, 5.74) is 7.64. The molecule has 1 atom stereocenters. The van der Waals surface area contributed by atoms with Gasteiger partial charge in [-0.1, -0.05) is 24.3 Å². The van der Waals surface area contributed by atoms with Gasteiger partial charge in [-0.2, -0.15) is 0 Å². The summed E-state index contributed by atoms with van der Waals surface area (Å²) in [4.78, 5) is 18.2. The molecular formula is C14H18N4O. The summed E-state index contributed by atoms with van der Waals surface area (Å²) in [5.74, 6) is 1.18. The Morgan fingerprint density at radius 1 is 1.37 bits per heavy atom. The van der Waals surface area contributed by atoms with Crippen molar-refractivity contribution in [2.45, 2.75) is 26.4 Å². The van der Waals surface area contributed by atoms with Gasteiger partial charge in [-0.05, 0) is 25.0 Å². The Kier molecular flexibility index (Phi) is 3.97. The Morgan fingerprint density at radius 2 is 2.05 bits per heavy atom. The zero-order chi connectivity index (χ0) is 13.8. The fourth-order valence-electron chi connectivity index (χ4n) is 1.90. The molecule has 2 aromatic rings. The molecule has 1 heterocycles. The second-order valence-electron chi connectivity index (χ2n) is 4.53. The van der Waals surface area contributed by atoms with Gasteiger partial charge < -0.3 is 16.0 Å². The summed E-state index contributed by atoms with van der Waals surface area (Å²) in [6.45, 7) is 4.32. The highest BCUT2D eigenvalue weighted by Crippen LogP contribution is 2.17. The predicted molar refractivity (Wildman–Crippen MR) is 76.0 cm³/mol. The van der Waals surface area contributed by atoms with Crippen LogP contribution in [0.3, 0.4) is 0 Å². The smallest absolute Gasteiger partial charge is 0.252 e. The van der Waals surface area contributed by atoms with E-state index in [0.717, 1.165) is 11.1 Å². The van der Waals surface area contributed by atoms with Crippen molar-refractivity contribution in [3.8, 4) is 0 Å². The summed E-state index contributed by atoms with van der Waals surface area (Å²) in [6.07, 6.45) is 0. The second-order valence-corrected chi connectivity index (χ2v) is 4.53. The third kappa shape index (κ3) is 3.42. The third-order valence-electron chi connectivity index (χ3n) is 2.94. The van der Waals surface area contributed by atoms with Crippen molar-refractivity contribution >= 4 is 5.82 Å². The Hall–Kier alpha value is -2.14. The number of nitrogens with two attached hydrogens (primary N) is 1. The molecule has 0 saturated heterocycles. The van der Waals surface area contributed by atoms with Crippen LogP contribution in [0.4, 0.5) is 5.82 Å². The Balaban J connectivity index is 2.15. The number of hydrogen-bond acceptors (Lipinski definition) is 4. The fourth-order valence-corrected chi connectivity index (χ4v) is 1.90. The summed E-state index contributed by atoms with van der Waals surface area (Å²) in [5, 5.41) is 3.21. The van der Waals surface area contributed by atoms with Crippen LogP contribution in [0.25, 0.3) is 0 Å². The summed E-state index contributed by atoms with van der Waals surface area (Å²) >= 11 is 0. The van der Waals surface area contributed by atoms with Gasteiger partial charge in [0.2, 0.25) is 0 Å². The van der Waals surface area contributed by atoms with Gasteiger partial charge in [-0.15, -0.1) is 0 Å². The van der Waals surface area contributed by atoms with Crippen LogP contribution in [0.1, 0.15) is 29.9 Å².